The lowest BCUT2D eigenvalue weighted by Gasteiger charge is -2.47. The second-order valence-corrected chi connectivity index (χ2v) is 24.5. The lowest BCUT2D eigenvalue weighted by Crippen LogP contribution is -2.63. The maximum absolute atomic E-state index is 14.6. The van der Waals surface area contributed by atoms with Crippen molar-refractivity contribution in [3.8, 4) is 0 Å². The van der Waals surface area contributed by atoms with Crippen LogP contribution in [0.4, 0.5) is 4.79 Å². The highest BCUT2D eigenvalue weighted by Crippen LogP contribution is 2.40. The van der Waals surface area contributed by atoms with Gasteiger partial charge in [0.15, 0.2) is 16.6 Å². The largest absolute Gasteiger partial charge is 0.443 e. The molecule has 242 valence electrons. The van der Waals surface area contributed by atoms with Crippen molar-refractivity contribution < 1.29 is 23.2 Å². The Morgan fingerprint density at radius 2 is 1.60 bits per heavy atom. The fourth-order valence-corrected chi connectivity index (χ4v) is 6.86. The van der Waals surface area contributed by atoms with Crippen molar-refractivity contribution in [3.63, 3.8) is 0 Å². The molecule has 1 aliphatic rings. The molecular formula is C31H55N5O5Si2. The average molecular weight is 634 g/mol. The van der Waals surface area contributed by atoms with Gasteiger partial charge < -0.3 is 13.6 Å². The lowest BCUT2D eigenvalue weighted by atomic mass is 9.98. The zero-order valence-corrected chi connectivity index (χ0v) is 30.5. The smallest absolute Gasteiger partial charge is 0.429 e. The molecule has 43 heavy (non-hydrogen) atoms. The maximum atomic E-state index is 14.6. The summed E-state index contributed by atoms with van der Waals surface area (Å²) in [6.07, 6.45) is 0.0211. The Balaban J connectivity index is 2.51. The molecule has 10 nitrogen and oxygen atoms in total. The molecule has 0 N–H and O–H groups in total. The number of amides is 2. The van der Waals surface area contributed by atoms with E-state index in [1.807, 2.05) is 44.2 Å². The minimum atomic E-state index is -2.36. The maximum Gasteiger partial charge on any atom is 0.429 e. The van der Waals surface area contributed by atoms with Crippen LogP contribution >= 0.6 is 0 Å². The van der Waals surface area contributed by atoms with Gasteiger partial charge in [-0.15, -0.1) is 0 Å². The molecule has 1 saturated heterocycles. The Kier molecular flexibility index (Phi) is 12.5. The van der Waals surface area contributed by atoms with Gasteiger partial charge in [0, 0.05) is 11.5 Å². The van der Waals surface area contributed by atoms with E-state index >= 15 is 0 Å². The van der Waals surface area contributed by atoms with E-state index in [0.717, 1.165) is 5.56 Å². The first-order valence-electron chi connectivity index (χ1n) is 15.4. The van der Waals surface area contributed by atoms with Gasteiger partial charge in [0.1, 0.15) is 12.6 Å². The van der Waals surface area contributed by atoms with Crippen molar-refractivity contribution >= 4 is 28.6 Å². The highest BCUT2D eigenvalue weighted by Gasteiger charge is 2.47. The van der Waals surface area contributed by atoms with Gasteiger partial charge in [-0.1, -0.05) is 90.8 Å². The number of nitrogens with zero attached hydrogens (tertiary/aromatic N) is 5. The van der Waals surface area contributed by atoms with E-state index in [9.17, 15) is 15.1 Å². The normalized spacial score (nSPS) is 18.2. The third-order valence-corrected chi connectivity index (χ3v) is 18.2. The highest BCUT2D eigenvalue weighted by molar-refractivity contribution is 6.74. The molecule has 1 heterocycles. The second-order valence-electron chi connectivity index (χ2n) is 15.0. The Morgan fingerprint density at radius 3 is 2.12 bits per heavy atom. The van der Waals surface area contributed by atoms with Crippen LogP contribution in [-0.2, 0) is 25.0 Å². The van der Waals surface area contributed by atoms with E-state index in [1.54, 1.807) is 0 Å². The summed E-state index contributed by atoms with van der Waals surface area (Å²) in [7, 11) is -4.53. The van der Waals surface area contributed by atoms with E-state index in [1.165, 1.54) is 10.0 Å². The van der Waals surface area contributed by atoms with Gasteiger partial charge in [-0.3, -0.25) is 4.79 Å². The molecule has 0 aliphatic carbocycles. The van der Waals surface area contributed by atoms with E-state index in [0.29, 0.717) is 19.4 Å². The summed E-state index contributed by atoms with van der Waals surface area (Å²) in [6, 6.07) is 7.82. The zero-order chi connectivity index (χ0) is 32.8. The highest BCUT2D eigenvalue weighted by atomic mass is 28.4. The summed E-state index contributed by atoms with van der Waals surface area (Å²) in [4.78, 5) is 31.3. The van der Waals surface area contributed by atoms with Crippen LogP contribution in [-0.4, -0.2) is 70.0 Å². The van der Waals surface area contributed by atoms with E-state index in [4.69, 9.17) is 13.6 Å². The van der Waals surface area contributed by atoms with Gasteiger partial charge in [-0.05, 0) is 66.1 Å². The predicted molar refractivity (Wildman–Crippen MR) is 176 cm³/mol. The van der Waals surface area contributed by atoms with Crippen LogP contribution in [0.2, 0.25) is 36.3 Å². The Bertz CT molecular complexity index is 1130. The SMILES string of the molecule is CC(C)[C@@H](O[Si](C)(C)C(C)(C)C)[C@@H](N=[N+]=[N-])C(=O)N1[C@H](CO[Si](C)(C)C(C)(C)C)CCCN1C(=O)OCc1ccccc1. The molecule has 2 rings (SSSR count). The van der Waals surface area contributed by atoms with Crippen molar-refractivity contribution in [1.82, 2.24) is 10.0 Å². The number of hydrazine groups is 1. The molecule has 0 spiro atoms. The summed E-state index contributed by atoms with van der Waals surface area (Å²) < 4.78 is 19.0. The molecule has 0 unspecified atom stereocenters. The third kappa shape index (κ3) is 9.55. The van der Waals surface area contributed by atoms with Crippen LogP contribution in [0, 0.1) is 5.92 Å². The van der Waals surface area contributed by atoms with Gasteiger partial charge in [0.2, 0.25) is 0 Å². The first-order chi connectivity index (χ1) is 19.7. The Morgan fingerprint density at radius 1 is 1.02 bits per heavy atom. The zero-order valence-electron chi connectivity index (χ0n) is 28.5. The number of hydrogen-bond acceptors (Lipinski definition) is 6. The van der Waals surface area contributed by atoms with E-state index in [2.05, 4.69) is 77.8 Å². The molecule has 2 amide bonds. The summed E-state index contributed by atoms with van der Waals surface area (Å²) in [6.45, 7) is 26.0. The average Bonchev–Trinajstić information content (AvgIpc) is 2.91. The summed E-state index contributed by atoms with van der Waals surface area (Å²) in [5, 5.41) is 6.71. The molecule has 1 aliphatic heterocycles. The number of ether oxygens (including phenoxy) is 1. The summed E-state index contributed by atoms with van der Waals surface area (Å²) in [5.41, 5.74) is 10.5. The van der Waals surface area contributed by atoms with Gasteiger partial charge in [-0.2, -0.15) is 0 Å². The van der Waals surface area contributed by atoms with Gasteiger partial charge in [-0.25, -0.2) is 14.8 Å². The van der Waals surface area contributed by atoms with E-state index < -0.39 is 46.8 Å². The van der Waals surface area contributed by atoms with Crippen molar-refractivity contribution in [1.29, 1.82) is 0 Å². The topological polar surface area (TPSA) is 117 Å². The second kappa shape index (κ2) is 14.6. The van der Waals surface area contributed by atoms with Crippen LogP contribution in [0.25, 0.3) is 10.4 Å². The number of rotatable bonds is 11. The summed E-state index contributed by atoms with van der Waals surface area (Å²) in [5.74, 6) is -0.603. The van der Waals surface area contributed by atoms with Gasteiger partial charge in [0.05, 0.1) is 18.8 Å². The minimum Gasteiger partial charge on any atom is -0.443 e. The minimum absolute atomic E-state index is 0.0296. The predicted octanol–water partition coefficient (Wildman–Crippen LogP) is 8.28. The molecule has 0 bridgehead atoms. The third-order valence-electron chi connectivity index (χ3n) is 9.23. The van der Waals surface area contributed by atoms with Gasteiger partial charge in [0.25, 0.3) is 5.91 Å². The van der Waals surface area contributed by atoms with Crippen LogP contribution in [0.15, 0.2) is 35.4 Å². The molecule has 0 radical (unpaired) electrons. The van der Waals surface area contributed by atoms with Crippen LogP contribution < -0.4 is 0 Å². The first-order valence-corrected chi connectivity index (χ1v) is 21.2. The van der Waals surface area contributed by atoms with Crippen molar-refractivity contribution in [2.45, 2.75) is 129 Å². The molecule has 1 fully saturated rings. The van der Waals surface area contributed by atoms with Crippen LogP contribution in [0.5, 0.6) is 0 Å². The first kappa shape index (κ1) is 36.8. The fraction of sp³-hybridized carbons (Fsp3) is 0.742. The van der Waals surface area contributed by atoms with Crippen molar-refractivity contribution in [2.75, 3.05) is 13.2 Å². The number of carbonyl (C=O) groups excluding carboxylic acids is 2. The van der Waals surface area contributed by atoms with Crippen LogP contribution in [0.1, 0.15) is 73.8 Å². The van der Waals surface area contributed by atoms with Crippen molar-refractivity contribution in [2.24, 2.45) is 11.0 Å². The van der Waals surface area contributed by atoms with Crippen LogP contribution in [0.3, 0.4) is 0 Å². The number of azide groups is 1. The fourth-order valence-electron chi connectivity index (χ4n) is 4.38. The Labute approximate surface area is 261 Å². The molecule has 12 heteroatoms. The van der Waals surface area contributed by atoms with E-state index in [-0.39, 0.29) is 29.2 Å². The molecule has 0 aromatic heterocycles. The Hall–Kier alpha value is -2.38. The molecule has 1 aromatic rings. The summed E-state index contributed by atoms with van der Waals surface area (Å²) >= 11 is 0. The molecule has 3 atom stereocenters. The standard InChI is InChI=1S/C31H55N5O5Si2/c1-23(2)27(41-43(11,12)31(6,7)8)26(33-34-32)28(37)36-25(22-40-42(9,10)30(3,4)5)19-16-20-35(36)29(38)39-21-24-17-14-13-15-18-24/h13-15,17-18,23,25-27H,16,19-22H2,1-12H3/t25-,26+,27+/m0/s1. The lowest BCUT2D eigenvalue weighted by molar-refractivity contribution is -0.163. The van der Waals surface area contributed by atoms with Crippen molar-refractivity contribution in [3.05, 3.63) is 46.3 Å². The number of carbonyl (C=O) groups is 2. The quantitative estimate of drug-likeness (QED) is 0.105. The molecular weight excluding hydrogens is 579 g/mol. The van der Waals surface area contributed by atoms with Gasteiger partial charge >= 0.3 is 6.09 Å². The molecule has 1 aromatic carbocycles. The molecule has 0 saturated carbocycles. The monoisotopic (exact) mass is 633 g/mol. The number of benzene rings is 1. The number of hydrogen-bond donors (Lipinski definition) is 0.